The van der Waals surface area contributed by atoms with Crippen molar-refractivity contribution >= 4 is 22.7 Å². The smallest absolute Gasteiger partial charge is 0.246 e. The van der Waals surface area contributed by atoms with Gasteiger partial charge in [-0.2, -0.15) is 0 Å². The maximum atomic E-state index is 13.0. The van der Waals surface area contributed by atoms with Gasteiger partial charge in [0.25, 0.3) is 0 Å². The van der Waals surface area contributed by atoms with Crippen molar-refractivity contribution < 1.29 is 9.59 Å². The number of carbonyl (C=O) groups excluding carboxylic acids is 2. The lowest BCUT2D eigenvalue weighted by Crippen LogP contribution is -2.65. The number of hydrogen-bond donors (Lipinski definition) is 2. The quantitative estimate of drug-likeness (QED) is 0.712. The molecule has 26 heavy (non-hydrogen) atoms. The molecular weight excluding hydrogens is 326 g/mol. The summed E-state index contributed by atoms with van der Waals surface area (Å²) in [5, 5.41) is 3.96. The highest BCUT2D eigenvalue weighted by Gasteiger charge is 2.47. The van der Waals surface area contributed by atoms with Gasteiger partial charge in [0.2, 0.25) is 11.8 Å². The van der Waals surface area contributed by atoms with Crippen molar-refractivity contribution in [1.29, 1.82) is 0 Å². The Hall–Kier alpha value is -3.08. The van der Waals surface area contributed by atoms with Crippen LogP contribution in [0, 0.1) is 0 Å². The van der Waals surface area contributed by atoms with Gasteiger partial charge in [-0.3, -0.25) is 9.59 Å². The fourth-order valence-corrected chi connectivity index (χ4v) is 4.34. The molecule has 0 bridgehead atoms. The number of H-pyrrole nitrogens is 1. The standard InChI is InChI=1S/C21H19N3O2/c1-12-21(26)24-17(20(25)22-12)11-15-14-9-5-6-10-16(14)23-18(15)19(24)13-7-3-2-4-8-13/h2-10,12,17,19,23H,11H2,1H3,(H,22,25)/t12?,17-,19?/m0/s1. The van der Waals surface area contributed by atoms with Crippen LogP contribution >= 0.6 is 0 Å². The van der Waals surface area contributed by atoms with Gasteiger partial charge in [0.1, 0.15) is 12.1 Å². The lowest BCUT2D eigenvalue weighted by molar-refractivity contribution is -0.151. The Labute approximate surface area is 151 Å². The number of aromatic nitrogens is 1. The van der Waals surface area contributed by atoms with Crippen LogP contribution < -0.4 is 5.32 Å². The molecule has 5 heteroatoms. The van der Waals surface area contributed by atoms with Crippen LogP contribution in [-0.2, 0) is 16.0 Å². The number of nitrogens with one attached hydrogen (secondary N) is 2. The van der Waals surface area contributed by atoms with E-state index in [0.717, 1.165) is 27.7 Å². The summed E-state index contributed by atoms with van der Waals surface area (Å²) in [6.45, 7) is 1.75. The average Bonchev–Trinajstić information content (AvgIpc) is 3.04. The third-order valence-corrected chi connectivity index (χ3v) is 5.53. The van der Waals surface area contributed by atoms with Gasteiger partial charge < -0.3 is 15.2 Å². The van der Waals surface area contributed by atoms with Gasteiger partial charge in [0, 0.05) is 23.0 Å². The minimum absolute atomic E-state index is 0.0345. The van der Waals surface area contributed by atoms with E-state index in [1.54, 1.807) is 11.8 Å². The van der Waals surface area contributed by atoms with Crippen molar-refractivity contribution in [2.45, 2.75) is 31.5 Å². The molecule has 0 aliphatic carbocycles. The third-order valence-electron chi connectivity index (χ3n) is 5.53. The fourth-order valence-electron chi connectivity index (χ4n) is 4.34. The molecule has 0 spiro atoms. The molecule has 0 radical (unpaired) electrons. The van der Waals surface area contributed by atoms with Crippen LogP contribution in [-0.4, -0.2) is 33.8 Å². The van der Waals surface area contributed by atoms with Gasteiger partial charge in [-0.05, 0) is 24.1 Å². The molecule has 3 atom stereocenters. The Balaban J connectivity index is 1.78. The number of aromatic amines is 1. The monoisotopic (exact) mass is 345 g/mol. The van der Waals surface area contributed by atoms with E-state index in [1.807, 2.05) is 48.5 Å². The van der Waals surface area contributed by atoms with Gasteiger partial charge in [0.15, 0.2) is 0 Å². The number of benzene rings is 2. The van der Waals surface area contributed by atoms with Crippen LogP contribution in [0.25, 0.3) is 10.9 Å². The van der Waals surface area contributed by atoms with E-state index in [0.29, 0.717) is 6.42 Å². The lowest BCUT2D eigenvalue weighted by atomic mass is 9.86. The zero-order chi connectivity index (χ0) is 17.8. The van der Waals surface area contributed by atoms with Crippen molar-refractivity contribution in [2.75, 3.05) is 0 Å². The molecular formula is C21H19N3O2. The highest BCUT2D eigenvalue weighted by molar-refractivity contribution is 5.99. The molecule has 1 saturated heterocycles. The first-order chi connectivity index (χ1) is 12.6. The number of amides is 2. The van der Waals surface area contributed by atoms with Crippen molar-refractivity contribution in [2.24, 2.45) is 0 Å². The molecule has 0 saturated carbocycles. The average molecular weight is 345 g/mol. The summed E-state index contributed by atoms with van der Waals surface area (Å²) < 4.78 is 0. The minimum atomic E-state index is -0.504. The second-order valence-corrected chi connectivity index (χ2v) is 7.07. The molecule has 2 aliphatic rings. The summed E-state index contributed by atoms with van der Waals surface area (Å²) in [6.07, 6.45) is 0.535. The molecule has 5 nitrogen and oxygen atoms in total. The Morgan fingerprint density at radius 1 is 1.00 bits per heavy atom. The maximum absolute atomic E-state index is 13.0. The molecule has 1 aromatic heterocycles. The summed E-state index contributed by atoms with van der Waals surface area (Å²) in [7, 11) is 0. The van der Waals surface area contributed by atoms with Crippen molar-refractivity contribution in [1.82, 2.24) is 15.2 Å². The van der Waals surface area contributed by atoms with Gasteiger partial charge >= 0.3 is 0 Å². The Morgan fingerprint density at radius 2 is 1.73 bits per heavy atom. The molecule has 2 N–H and O–H groups in total. The molecule has 2 aromatic carbocycles. The number of hydrogen-bond acceptors (Lipinski definition) is 2. The molecule has 2 amide bonds. The first-order valence-electron chi connectivity index (χ1n) is 8.92. The van der Waals surface area contributed by atoms with Gasteiger partial charge in [-0.1, -0.05) is 48.5 Å². The van der Waals surface area contributed by atoms with E-state index in [1.165, 1.54) is 0 Å². The van der Waals surface area contributed by atoms with Crippen LogP contribution in [0.5, 0.6) is 0 Å². The van der Waals surface area contributed by atoms with Crippen molar-refractivity contribution in [3.8, 4) is 0 Å². The minimum Gasteiger partial charge on any atom is -0.356 e. The third kappa shape index (κ3) is 2.03. The molecule has 1 fully saturated rings. The van der Waals surface area contributed by atoms with Crippen LogP contribution in [0.1, 0.15) is 29.8 Å². The molecule has 3 heterocycles. The van der Waals surface area contributed by atoms with E-state index >= 15 is 0 Å². The number of para-hydroxylation sites is 1. The number of piperazine rings is 1. The lowest BCUT2D eigenvalue weighted by Gasteiger charge is -2.45. The molecule has 2 aliphatic heterocycles. The van der Waals surface area contributed by atoms with Gasteiger partial charge in [-0.25, -0.2) is 0 Å². The van der Waals surface area contributed by atoms with Gasteiger partial charge in [0.05, 0.1) is 6.04 Å². The van der Waals surface area contributed by atoms with Crippen LogP contribution in [0.4, 0.5) is 0 Å². The largest absolute Gasteiger partial charge is 0.356 e. The summed E-state index contributed by atoms with van der Waals surface area (Å²) >= 11 is 0. The second kappa shape index (κ2) is 5.46. The Kier molecular flexibility index (Phi) is 3.19. The first-order valence-corrected chi connectivity index (χ1v) is 8.92. The van der Waals surface area contributed by atoms with E-state index in [-0.39, 0.29) is 17.9 Å². The number of nitrogens with zero attached hydrogens (tertiary/aromatic N) is 1. The van der Waals surface area contributed by atoms with E-state index in [2.05, 4.69) is 16.4 Å². The number of rotatable bonds is 1. The SMILES string of the molecule is CC1NC(=O)[C@@H]2Cc3c([nH]c4ccccc34)C(c3ccccc3)N2C1=O. The predicted octanol–water partition coefficient (Wildman–Crippen LogP) is 2.53. The maximum Gasteiger partial charge on any atom is 0.246 e. The Bertz CT molecular complexity index is 1020. The highest BCUT2D eigenvalue weighted by atomic mass is 16.2. The van der Waals surface area contributed by atoms with Crippen molar-refractivity contribution in [3.63, 3.8) is 0 Å². The van der Waals surface area contributed by atoms with E-state index < -0.39 is 12.1 Å². The van der Waals surface area contributed by atoms with Gasteiger partial charge in [-0.15, -0.1) is 0 Å². The molecule has 2 unspecified atom stereocenters. The van der Waals surface area contributed by atoms with E-state index in [9.17, 15) is 9.59 Å². The number of fused-ring (bicyclic) bond motifs is 4. The second-order valence-electron chi connectivity index (χ2n) is 7.07. The first kappa shape index (κ1) is 15.2. The zero-order valence-electron chi connectivity index (χ0n) is 14.4. The normalized spacial score (nSPS) is 25.0. The zero-order valence-corrected chi connectivity index (χ0v) is 14.4. The van der Waals surface area contributed by atoms with Crippen molar-refractivity contribution in [3.05, 3.63) is 71.4 Å². The summed E-state index contributed by atoms with van der Waals surface area (Å²) in [6, 6.07) is 16.8. The summed E-state index contributed by atoms with van der Waals surface area (Å²) in [5.41, 5.74) is 4.21. The van der Waals surface area contributed by atoms with Crippen LogP contribution in [0.2, 0.25) is 0 Å². The topological polar surface area (TPSA) is 65.2 Å². The summed E-state index contributed by atoms with van der Waals surface area (Å²) in [4.78, 5) is 31.0. The van der Waals surface area contributed by atoms with E-state index in [4.69, 9.17) is 0 Å². The summed E-state index contributed by atoms with van der Waals surface area (Å²) in [5.74, 6) is -0.110. The molecule has 130 valence electrons. The van der Waals surface area contributed by atoms with Crippen LogP contribution in [0.15, 0.2) is 54.6 Å². The fraction of sp³-hybridized carbons (Fsp3) is 0.238. The number of carbonyl (C=O) groups is 2. The Morgan fingerprint density at radius 3 is 2.54 bits per heavy atom. The molecule has 5 rings (SSSR count). The highest BCUT2D eigenvalue weighted by Crippen LogP contribution is 2.41. The predicted molar refractivity (Wildman–Crippen MR) is 98.5 cm³/mol. The molecule has 3 aromatic rings. The van der Waals surface area contributed by atoms with Crippen LogP contribution in [0.3, 0.4) is 0 Å².